The first-order chi connectivity index (χ1) is 11.2. The summed E-state index contributed by atoms with van der Waals surface area (Å²) in [4.78, 5) is 24.7. The number of rotatable bonds is 4. The van der Waals surface area contributed by atoms with Gasteiger partial charge in [0.15, 0.2) is 0 Å². The van der Waals surface area contributed by atoms with Crippen LogP contribution in [-0.4, -0.2) is 26.5 Å². The van der Waals surface area contributed by atoms with Gasteiger partial charge in [-0.05, 0) is 24.3 Å². The molecule has 0 saturated heterocycles. The zero-order valence-corrected chi connectivity index (χ0v) is 12.2. The lowest BCUT2D eigenvalue weighted by atomic mass is 10.2. The molecule has 0 spiro atoms. The molecule has 0 unspecified atom stereocenters. The number of hydrogen-bond donors (Lipinski definition) is 3. The van der Waals surface area contributed by atoms with Gasteiger partial charge in [-0.3, -0.25) is 0 Å². The van der Waals surface area contributed by atoms with Gasteiger partial charge in [0.05, 0.1) is 27.6 Å². The van der Waals surface area contributed by atoms with Crippen LogP contribution in [-0.2, 0) is 0 Å². The second kappa shape index (κ2) is 5.17. The molecule has 0 atom stereocenters. The number of benzene rings is 2. The molecule has 0 aliphatic heterocycles. The number of H-pyrrole nitrogens is 3. The zero-order chi connectivity index (χ0) is 15.8. The fourth-order valence-corrected chi connectivity index (χ4v) is 2.60. The molecule has 6 nitrogen and oxygen atoms in total. The minimum Gasteiger partial charge on any atom is -0.489 e. The van der Waals surface area contributed by atoms with Gasteiger partial charge in [0.2, 0.25) is 0 Å². The first-order valence-corrected chi connectivity index (χ1v) is 7.19. The van der Waals surface area contributed by atoms with Crippen LogP contribution in [0.4, 0.5) is 0 Å². The van der Waals surface area contributed by atoms with E-state index in [0.717, 1.165) is 39.2 Å². The van der Waals surface area contributed by atoms with Crippen LogP contribution in [0.15, 0.2) is 53.8 Å². The Morgan fingerprint density at radius 1 is 1.09 bits per heavy atom. The maximum Gasteiger partial charge on any atom is 0.323 e. The Hall–Kier alpha value is -3.28. The first kappa shape index (κ1) is 13.4. The van der Waals surface area contributed by atoms with Crippen molar-refractivity contribution in [2.45, 2.75) is 0 Å². The summed E-state index contributed by atoms with van der Waals surface area (Å²) in [6.45, 7) is 4.10. The Morgan fingerprint density at radius 3 is 2.70 bits per heavy atom. The highest BCUT2D eigenvalue weighted by Crippen LogP contribution is 2.30. The number of nitrogens with one attached hydrogen (secondary N) is 3. The number of fused-ring (bicyclic) bond motifs is 2. The van der Waals surface area contributed by atoms with E-state index in [4.69, 9.17) is 4.74 Å². The van der Waals surface area contributed by atoms with Crippen LogP contribution in [0.25, 0.3) is 33.5 Å². The number of aromatic nitrogens is 4. The molecule has 0 radical (unpaired) electrons. The van der Waals surface area contributed by atoms with Gasteiger partial charge in [-0.1, -0.05) is 24.8 Å². The van der Waals surface area contributed by atoms with Gasteiger partial charge in [0.1, 0.15) is 18.2 Å². The third kappa shape index (κ3) is 2.30. The number of para-hydroxylation sites is 1. The molecule has 0 aliphatic carbocycles. The zero-order valence-electron chi connectivity index (χ0n) is 12.2. The lowest BCUT2D eigenvalue weighted by molar-refractivity contribution is 0.364. The molecule has 114 valence electrons. The maximum atomic E-state index is 11.4. The quantitative estimate of drug-likeness (QED) is 0.507. The average molecular weight is 306 g/mol. The lowest BCUT2D eigenvalue weighted by Gasteiger charge is -2.07. The van der Waals surface area contributed by atoms with Gasteiger partial charge in [-0.25, -0.2) is 9.78 Å². The van der Waals surface area contributed by atoms with Crippen molar-refractivity contribution in [2.75, 3.05) is 6.61 Å². The van der Waals surface area contributed by atoms with Crippen LogP contribution in [0.3, 0.4) is 0 Å². The molecule has 4 aromatic rings. The van der Waals surface area contributed by atoms with E-state index in [0.29, 0.717) is 6.61 Å². The largest absolute Gasteiger partial charge is 0.489 e. The Morgan fingerprint density at radius 2 is 1.87 bits per heavy atom. The molecule has 3 N–H and O–H groups in total. The van der Waals surface area contributed by atoms with Gasteiger partial charge in [0.25, 0.3) is 0 Å². The normalized spacial score (nSPS) is 11.1. The number of hydrogen-bond acceptors (Lipinski definition) is 3. The smallest absolute Gasteiger partial charge is 0.323 e. The van der Waals surface area contributed by atoms with E-state index in [9.17, 15) is 4.79 Å². The van der Waals surface area contributed by atoms with Crippen LogP contribution >= 0.6 is 0 Å². The van der Waals surface area contributed by atoms with Crippen molar-refractivity contribution in [1.82, 2.24) is 19.9 Å². The topological polar surface area (TPSA) is 86.6 Å². The summed E-state index contributed by atoms with van der Waals surface area (Å²) in [5.74, 6) is 1.46. The molecule has 2 heterocycles. The Kier molecular flexibility index (Phi) is 3.01. The lowest BCUT2D eigenvalue weighted by Crippen LogP contribution is -1.99. The highest BCUT2D eigenvalue weighted by molar-refractivity contribution is 5.92. The standard InChI is InChI=1S/C17H14N4O2/c1-2-7-23-15-6-4-3-5-10(15)16-18-11-8-13-14(9-12(11)19-16)21-17(22)20-13/h2-6,8-9H,1,7H2,(H,18,19)(H2,20,21,22). The van der Waals surface area contributed by atoms with Gasteiger partial charge in [0, 0.05) is 0 Å². The predicted molar refractivity (Wildman–Crippen MR) is 89.7 cm³/mol. The molecule has 4 rings (SSSR count). The van der Waals surface area contributed by atoms with Crippen molar-refractivity contribution in [3.05, 3.63) is 59.5 Å². The minimum atomic E-state index is -0.226. The highest BCUT2D eigenvalue weighted by Gasteiger charge is 2.11. The molecule has 0 saturated carbocycles. The van der Waals surface area contributed by atoms with Crippen molar-refractivity contribution in [3.63, 3.8) is 0 Å². The molecule has 0 bridgehead atoms. The van der Waals surface area contributed by atoms with Crippen LogP contribution in [0, 0.1) is 0 Å². The number of aromatic amines is 3. The summed E-state index contributed by atoms with van der Waals surface area (Å²) in [5, 5.41) is 0. The highest BCUT2D eigenvalue weighted by atomic mass is 16.5. The molecule has 23 heavy (non-hydrogen) atoms. The SMILES string of the molecule is C=CCOc1ccccc1-c1nc2cc3[nH]c(=O)[nH]c3cc2[nH]1. The summed E-state index contributed by atoms with van der Waals surface area (Å²) in [7, 11) is 0. The third-order valence-corrected chi connectivity index (χ3v) is 3.62. The molecule has 0 amide bonds. The minimum absolute atomic E-state index is 0.226. The van der Waals surface area contributed by atoms with Crippen LogP contribution in [0.2, 0.25) is 0 Å². The monoisotopic (exact) mass is 306 g/mol. The van der Waals surface area contributed by atoms with Crippen molar-refractivity contribution >= 4 is 22.1 Å². The maximum absolute atomic E-state index is 11.4. The van der Waals surface area contributed by atoms with Crippen LogP contribution < -0.4 is 10.4 Å². The molecule has 2 aromatic carbocycles. The van der Waals surface area contributed by atoms with Gasteiger partial charge < -0.3 is 19.7 Å². The second-order valence-corrected chi connectivity index (χ2v) is 5.18. The summed E-state index contributed by atoms with van der Waals surface area (Å²) >= 11 is 0. The summed E-state index contributed by atoms with van der Waals surface area (Å²) in [5.41, 5.74) is 3.76. The number of imidazole rings is 2. The molecule has 2 aromatic heterocycles. The summed E-state index contributed by atoms with van der Waals surface area (Å²) in [6.07, 6.45) is 1.70. The van der Waals surface area contributed by atoms with Crippen molar-refractivity contribution in [1.29, 1.82) is 0 Å². The number of nitrogens with zero attached hydrogens (tertiary/aromatic N) is 1. The summed E-state index contributed by atoms with van der Waals surface area (Å²) in [6, 6.07) is 11.4. The van der Waals surface area contributed by atoms with Crippen molar-refractivity contribution in [3.8, 4) is 17.1 Å². The molecular weight excluding hydrogens is 292 g/mol. The Balaban J connectivity index is 1.86. The van der Waals surface area contributed by atoms with Gasteiger partial charge in [-0.2, -0.15) is 0 Å². The Bertz CT molecular complexity index is 1020. The fraction of sp³-hybridized carbons (Fsp3) is 0.0588. The van der Waals surface area contributed by atoms with E-state index >= 15 is 0 Å². The molecule has 0 fully saturated rings. The van der Waals surface area contributed by atoms with Crippen LogP contribution in [0.1, 0.15) is 0 Å². The third-order valence-electron chi connectivity index (χ3n) is 3.62. The average Bonchev–Trinajstić information content (AvgIpc) is 3.11. The van der Waals surface area contributed by atoms with E-state index < -0.39 is 0 Å². The van der Waals surface area contributed by atoms with E-state index in [1.165, 1.54) is 0 Å². The Labute approximate surface area is 130 Å². The predicted octanol–water partition coefficient (Wildman–Crippen LogP) is 2.96. The fourth-order valence-electron chi connectivity index (χ4n) is 2.60. The number of ether oxygens (including phenoxy) is 1. The van der Waals surface area contributed by atoms with E-state index in [1.54, 1.807) is 6.08 Å². The summed E-state index contributed by atoms with van der Waals surface area (Å²) < 4.78 is 5.68. The van der Waals surface area contributed by atoms with E-state index in [-0.39, 0.29) is 5.69 Å². The van der Waals surface area contributed by atoms with Crippen LogP contribution in [0.5, 0.6) is 5.75 Å². The first-order valence-electron chi connectivity index (χ1n) is 7.19. The molecule has 6 heteroatoms. The second-order valence-electron chi connectivity index (χ2n) is 5.18. The van der Waals surface area contributed by atoms with E-state index in [1.807, 2.05) is 36.4 Å². The molecular formula is C17H14N4O2. The van der Waals surface area contributed by atoms with Gasteiger partial charge >= 0.3 is 5.69 Å². The van der Waals surface area contributed by atoms with Crippen molar-refractivity contribution in [2.24, 2.45) is 0 Å². The van der Waals surface area contributed by atoms with E-state index in [2.05, 4.69) is 26.5 Å². The van der Waals surface area contributed by atoms with Crippen molar-refractivity contribution < 1.29 is 4.74 Å². The molecule has 0 aliphatic rings. The van der Waals surface area contributed by atoms with Gasteiger partial charge in [-0.15, -0.1) is 0 Å².